The average molecular weight is 339 g/mol. The van der Waals surface area contributed by atoms with Crippen molar-refractivity contribution in [3.63, 3.8) is 0 Å². The second-order valence-electron chi connectivity index (χ2n) is 5.77. The van der Waals surface area contributed by atoms with Crippen molar-refractivity contribution in [1.29, 1.82) is 0 Å². The molecule has 3 N–H and O–H groups in total. The fourth-order valence-electron chi connectivity index (χ4n) is 2.52. The maximum Gasteiger partial charge on any atom is 0.416 e. The van der Waals surface area contributed by atoms with Crippen molar-refractivity contribution in [2.75, 3.05) is 0 Å². The number of halogens is 3. The van der Waals surface area contributed by atoms with Crippen LogP contribution < -0.4 is 10.5 Å². The molecule has 0 aromatic heterocycles. The van der Waals surface area contributed by atoms with Crippen molar-refractivity contribution in [1.82, 2.24) is 0 Å². The van der Waals surface area contributed by atoms with Crippen LogP contribution in [0.1, 0.15) is 28.3 Å². The van der Waals surface area contributed by atoms with Crippen LogP contribution in [0.4, 0.5) is 13.2 Å². The molecule has 2 aromatic carbocycles. The average Bonchev–Trinajstić information content (AvgIpc) is 2.52. The number of benzene rings is 2. The molecule has 0 fully saturated rings. The van der Waals surface area contributed by atoms with Gasteiger partial charge in [-0.15, -0.1) is 0 Å². The first-order valence-electron chi connectivity index (χ1n) is 7.48. The number of rotatable bonds is 5. The SMILES string of the molecule is Cc1cc([C@H](N)[C@H](O)C(F)(F)F)cc(C)c1OCc1ccccc1. The maximum atomic E-state index is 12.6. The molecule has 3 nitrogen and oxygen atoms in total. The Labute approximate surface area is 138 Å². The third-order valence-corrected chi connectivity index (χ3v) is 3.77. The third-order valence-electron chi connectivity index (χ3n) is 3.77. The zero-order valence-electron chi connectivity index (χ0n) is 13.5. The number of hydrogen-bond acceptors (Lipinski definition) is 3. The Balaban J connectivity index is 2.19. The van der Waals surface area contributed by atoms with Gasteiger partial charge in [-0.3, -0.25) is 0 Å². The van der Waals surface area contributed by atoms with Crippen LogP contribution in [0.3, 0.4) is 0 Å². The van der Waals surface area contributed by atoms with Crippen molar-refractivity contribution >= 4 is 0 Å². The lowest BCUT2D eigenvalue weighted by atomic mass is 9.97. The van der Waals surface area contributed by atoms with Gasteiger partial charge in [-0.05, 0) is 36.1 Å². The van der Waals surface area contributed by atoms with Crippen molar-refractivity contribution in [2.24, 2.45) is 5.73 Å². The first kappa shape index (κ1) is 18.3. The maximum absolute atomic E-state index is 12.6. The van der Waals surface area contributed by atoms with Gasteiger partial charge in [0, 0.05) is 0 Å². The number of hydrogen-bond donors (Lipinski definition) is 2. The molecule has 0 aliphatic carbocycles. The van der Waals surface area contributed by atoms with Crippen molar-refractivity contribution < 1.29 is 23.0 Å². The van der Waals surface area contributed by atoms with Gasteiger partial charge >= 0.3 is 6.18 Å². The minimum Gasteiger partial charge on any atom is -0.488 e. The minimum absolute atomic E-state index is 0.224. The highest BCUT2D eigenvalue weighted by molar-refractivity contribution is 5.44. The summed E-state index contributed by atoms with van der Waals surface area (Å²) in [4.78, 5) is 0. The zero-order chi connectivity index (χ0) is 17.9. The monoisotopic (exact) mass is 339 g/mol. The highest BCUT2D eigenvalue weighted by Gasteiger charge is 2.42. The lowest BCUT2D eigenvalue weighted by Gasteiger charge is -2.23. The molecular formula is C18H20F3NO2. The van der Waals surface area contributed by atoms with Crippen LogP contribution in [0.25, 0.3) is 0 Å². The predicted octanol–water partition coefficient (Wildman–Crippen LogP) is 3.81. The fraction of sp³-hybridized carbons (Fsp3) is 0.333. The smallest absolute Gasteiger partial charge is 0.416 e. The van der Waals surface area contributed by atoms with Gasteiger partial charge in [-0.2, -0.15) is 13.2 Å². The molecule has 0 heterocycles. The summed E-state index contributed by atoms with van der Waals surface area (Å²) in [5.74, 6) is 0.608. The molecule has 0 saturated heterocycles. The summed E-state index contributed by atoms with van der Waals surface area (Å²) in [7, 11) is 0. The number of alkyl halides is 3. The molecule has 0 bridgehead atoms. The molecule has 130 valence electrons. The summed E-state index contributed by atoms with van der Waals surface area (Å²) in [6.07, 6.45) is -7.36. The number of nitrogens with two attached hydrogens (primary N) is 1. The number of ether oxygens (including phenoxy) is 1. The van der Waals surface area contributed by atoms with E-state index in [1.165, 1.54) is 12.1 Å². The van der Waals surface area contributed by atoms with Crippen LogP contribution in [-0.4, -0.2) is 17.4 Å². The van der Waals surface area contributed by atoms with E-state index in [1.807, 2.05) is 30.3 Å². The molecule has 2 aromatic rings. The number of aryl methyl sites for hydroxylation is 2. The fourth-order valence-corrected chi connectivity index (χ4v) is 2.52. The highest BCUT2D eigenvalue weighted by Crippen LogP contribution is 2.32. The summed E-state index contributed by atoms with van der Waals surface area (Å²) >= 11 is 0. The predicted molar refractivity (Wildman–Crippen MR) is 85.7 cm³/mol. The molecule has 2 atom stereocenters. The molecule has 0 unspecified atom stereocenters. The van der Waals surface area contributed by atoms with Crippen LogP contribution in [0.2, 0.25) is 0 Å². The normalized spacial score (nSPS) is 14.3. The molecule has 0 radical (unpaired) electrons. The van der Waals surface area contributed by atoms with Gasteiger partial charge in [0.25, 0.3) is 0 Å². The Morgan fingerprint density at radius 1 is 1.08 bits per heavy atom. The highest BCUT2D eigenvalue weighted by atomic mass is 19.4. The summed E-state index contributed by atoms with van der Waals surface area (Å²) in [6, 6.07) is 11.1. The molecule has 6 heteroatoms. The van der Waals surface area contributed by atoms with Crippen LogP contribution in [0.15, 0.2) is 42.5 Å². The molecule has 0 saturated carbocycles. The van der Waals surface area contributed by atoms with E-state index in [1.54, 1.807) is 13.8 Å². The van der Waals surface area contributed by atoms with Gasteiger partial charge in [-0.25, -0.2) is 0 Å². The Hall–Kier alpha value is -2.05. The second-order valence-corrected chi connectivity index (χ2v) is 5.77. The lowest BCUT2D eigenvalue weighted by Crippen LogP contribution is -2.38. The molecule has 2 rings (SSSR count). The molecular weight excluding hydrogens is 319 g/mol. The van der Waals surface area contributed by atoms with Crippen molar-refractivity contribution in [2.45, 2.75) is 38.8 Å². The summed E-state index contributed by atoms with van der Waals surface area (Å²) in [5, 5.41) is 9.33. The lowest BCUT2D eigenvalue weighted by molar-refractivity contribution is -0.210. The molecule has 0 amide bonds. The third kappa shape index (κ3) is 4.27. The van der Waals surface area contributed by atoms with Gasteiger partial charge in [-0.1, -0.05) is 42.5 Å². The van der Waals surface area contributed by atoms with Crippen LogP contribution in [-0.2, 0) is 6.61 Å². The minimum atomic E-state index is -4.76. The van der Waals surface area contributed by atoms with E-state index in [0.717, 1.165) is 5.56 Å². The summed E-state index contributed by atoms with van der Waals surface area (Å²) < 4.78 is 43.6. The Morgan fingerprint density at radius 2 is 1.62 bits per heavy atom. The van der Waals surface area contributed by atoms with Crippen LogP contribution in [0, 0.1) is 13.8 Å². The molecule has 0 aliphatic heterocycles. The topological polar surface area (TPSA) is 55.5 Å². The van der Waals surface area contributed by atoms with Crippen molar-refractivity contribution in [3.8, 4) is 5.75 Å². The van der Waals surface area contributed by atoms with E-state index in [4.69, 9.17) is 10.5 Å². The van der Waals surface area contributed by atoms with Crippen LogP contribution >= 0.6 is 0 Å². The summed E-state index contributed by atoms with van der Waals surface area (Å²) in [6.45, 7) is 3.84. The van der Waals surface area contributed by atoms with E-state index >= 15 is 0 Å². The zero-order valence-corrected chi connectivity index (χ0v) is 13.5. The summed E-state index contributed by atoms with van der Waals surface area (Å²) in [5.41, 5.74) is 8.13. The van der Waals surface area contributed by atoms with Crippen LogP contribution in [0.5, 0.6) is 5.75 Å². The van der Waals surface area contributed by atoms with Gasteiger partial charge < -0.3 is 15.6 Å². The first-order valence-corrected chi connectivity index (χ1v) is 7.48. The molecule has 0 spiro atoms. The largest absolute Gasteiger partial charge is 0.488 e. The van der Waals surface area contributed by atoms with E-state index in [2.05, 4.69) is 0 Å². The van der Waals surface area contributed by atoms with Gasteiger partial charge in [0.1, 0.15) is 12.4 Å². The van der Waals surface area contributed by atoms with E-state index in [9.17, 15) is 18.3 Å². The second kappa shape index (κ2) is 7.23. The Bertz CT molecular complexity index is 663. The molecule has 0 aliphatic rings. The van der Waals surface area contributed by atoms with E-state index in [-0.39, 0.29) is 5.56 Å². The molecule has 24 heavy (non-hydrogen) atoms. The Morgan fingerprint density at radius 3 is 2.12 bits per heavy atom. The van der Waals surface area contributed by atoms with E-state index < -0.39 is 18.3 Å². The number of aliphatic hydroxyl groups is 1. The van der Waals surface area contributed by atoms with Gasteiger partial charge in [0.15, 0.2) is 6.10 Å². The first-order chi connectivity index (χ1) is 11.2. The Kier molecular flexibility index (Phi) is 5.51. The standard InChI is InChI=1S/C18H20F3NO2/c1-11-8-14(15(22)17(23)18(19,20)21)9-12(2)16(11)24-10-13-6-4-3-5-7-13/h3-9,15,17,23H,10,22H2,1-2H3/t15-,17-/m0/s1. The quantitative estimate of drug-likeness (QED) is 0.871. The van der Waals surface area contributed by atoms with Gasteiger partial charge in [0.05, 0.1) is 6.04 Å². The number of aliphatic hydroxyl groups excluding tert-OH is 1. The van der Waals surface area contributed by atoms with Gasteiger partial charge in [0.2, 0.25) is 0 Å². The van der Waals surface area contributed by atoms with Crippen molar-refractivity contribution in [3.05, 3.63) is 64.7 Å². The van der Waals surface area contributed by atoms with E-state index in [0.29, 0.717) is 23.5 Å².